The van der Waals surface area contributed by atoms with E-state index in [-0.39, 0.29) is 5.91 Å². The summed E-state index contributed by atoms with van der Waals surface area (Å²) in [5.41, 5.74) is 9.98. The number of nitrogens with one attached hydrogen (secondary N) is 1. The highest BCUT2D eigenvalue weighted by molar-refractivity contribution is 6.56. The molecule has 136 valence electrons. The van der Waals surface area contributed by atoms with Gasteiger partial charge in [-0.3, -0.25) is 4.79 Å². The molecule has 0 atom stereocenters. The molecule has 25 heavy (non-hydrogen) atoms. The second kappa shape index (κ2) is 6.85. The van der Waals surface area contributed by atoms with Gasteiger partial charge in [0.1, 0.15) is 0 Å². The van der Waals surface area contributed by atoms with Crippen molar-refractivity contribution in [2.75, 3.05) is 12.3 Å². The molecule has 1 aliphatic heterocycles. The number of hydrogen-bond acceptors (Lipinski definition) is 4. The van der Waals surface area contributed by atoms with Crippen molar-refractivity contribution >= 4 is 24.8 Å². The molecule has 0 aliphatic carbocycles. The van der Waals surface area contributed by atoms with Crippen LogP contribution in [0.2, 0.25) is 0 Å². The van der Waals surface area contributed by atoms with E-state index in [1.165, 1.54) is 6.92 Å². The molecule has 0 saturated carbocycles. The van der Waals surface area contributed by atoms with Gasteiger partial charge in [-0.1, -0.05) is 12.1 Å². The summed E-state index contributed by atoms with van der Waals surface area (Å²) in [6, 6.07) is 3.88. The number of amides is 1. The molecule has 0 radical (unpaired) electrons. The molecule has 0 unspecified atom stereocenters. The van der Waals surface area contributed by atoms with E-state index in [4.69, 9.17) is 15.0 Å². The lowest BCUT2D eigenvalue weighted by atomic mass is 9.76. The fraction of sp³-hybridized carbons (Fsp3) is 0.526. The van der Waals surface area contributed by atoms with E-state index in [9.17, 15) is 4.79 Å². The van der Waals surface area contributed by atoms with Gasteiger partial charge in [-0.2, -0.15) is 0 Å². The van der Waals surface area contributed by atoms with E-state index in [0.29, 0.717) is 6.54 Å². The highest BCUT2D eigenvalue weighted by Gasteiger charge is 2.52. The Morgan fingerprint density at radius 2 is 1.72 bits per heavy atom. The minimum atomic E-state index is -0.505. The Labute approximate surface area is 151 Å². The molecule has 0 bridgehead atoms. The molecule has 3 N–H and O–H groups in total. The van der Waals surface area contributed by atoms with Gasteiger partial charge in [0.25, 0.3) is 0 Å². The summed E-state index contributed by atoms with van der Waals surface area (Å²) in [6.07, 6.45) is 2.03. The molecule has 1 saturated heterocycles. The number of carbonyl (C=O) groups is 1. The zero-order chi connectivity index (χ0) is 19.0. The predicted octanol–water partition coefficient (Wildman–Crippen LogP) is 3.04. The van der Waals surface area contributed by atoms with Crippen molar-refractivity contribution < 1.29 is 14.1 Å². The third kappa shape index (κ3) is 4.07. The van der Waals surface area contributed by atoms with Gasteiger partial charge in [0.15, 0.2) is 0 Å². The highest BCUT2D eigenvalue weighted by atomic mass is 16.7. The summed E-state index contributed by atoms with van der Waals surface area (Å²) >= 11 is 0. The van der Waals surface area contributed by atoms with Crippen LogP contribution in [0.4, 0.5) is 5.69 Å². The van der Waals surface area contributed by atoms with Gasteiger partial charge in [0.2, 0.25) is 5.91 Å². The van der Waals surface area contributed by atoms with E-state index in [2.05, 4.69) is 5.32 Å². The first-order valence-electron chi connectivity index (χ1n) is 8.61. The van der Waals surface area contributed by atoms with Crippen LogP contribution in [0.15, 0.2) is 17.6 Å². The predicted molar refractivity (Wildman–Crippen MR) is 103 cm³/mol. The highest BCUT2D eigenvalue weighted by Crippen LogP contribution is 2.39. The van der Waals surface area contributed by atoms with Crippen molar-refractivity contribution in [3.05, 3.63) is 34.3 Å². The summed E-state index contributed by atoms with van der Waals surface area (Å²) in [7, 11) is -0.505. The standard InChI is InChI=1S/C19H29BN2O3/c1-12-13(2)17(21)9-8-15(12)10-16(11-22-14(3)23)20-24-18(4,5)19(6,7)25-20/h8-10H,11,21H2,1-7H3,(H,22,23). The Morgan fingerprint density at radius 1 is 1.16 bits per heavy atom. The van der Waals surface area contributed by atoms with Crippen LogP contribution in [0.25, 0.3) is 6.08 Å². The smallest absolute Gasteiger partial charge is 0.400 e. The van der Waals surface area contributed by atoms with E-state index >= 15 is 0 Å². The summed E-state index contributed by atoms with van der Waals surface area (Å²) in [5, 5.41) is 2.85. The number of anilines is 1. The third-order valence-corrected chi connectivity index (χ3v) is 5.31. The van der Waals surface area contributed by atoms with E-state index in [1.807, 2.05) is 59.8 Å². The van der Waals surface area contributed by atoms with Crippen LogP contribution in [0.5, 0.6) is 0 Å². The van der Waals surface area contributed by atoms with Crippen molar-refractivity contribution in [1.82, 2.24) is 5.32 Å². The quantitative estimate of drug-likeness (QED) is 0.650. The largest absolute Gasteiger partial charge is 0.492 e. The first-order chi connectivity index (χ1) is 11.4. The lowest BCUT2D eigenvalue weighted by Crippen LogP contribution is -2.41. The van der Waals surface area contributed by atoms with Gasteiger partial charge < -0.3 is 20.4 Å². The fourth-order valence-electron chi connectivity index (χ4n) is 2.64. The van der Waals surface area contributed by atoms with Gasteiger partial charge in [0, 0.05) is 19.2 Å². The summed E-state index contributed by atoms with van der Waals surface area (Å²) in [6.45, 7) is 14.0. The monoisotopic (exact) mass is 344 g/mol. The van der Waals surface area contributed by atoms with Gasteiger partial charge in [0.05, 0.1) is 11.2 Å². The Balaban J connectivity index is 2.40. The molecule has 1 fully saturated rings. The minimum Gasteiger partial charge on any atom is -0.400 e. The molecule has 1 amide bonds. The summed E-state index contributed by atoms with van der Waals surface area (Å²) in [5.74, 6) is -0.0902. The normalized spacial score (nSPS) is 19.2. The number of rotatable bonds is 4. The lowest BCUT2D eigenvalue weighted by Gasteiger charge is -2.32. The number of hydrogen-bond donors (Lipinski definition) is 2. The Morgan fingerprint density at radius 3 is 2.24 bits per heavy atom. The topological polar surface area (TPSA) is 73.6 Å². The van der Waals surface area contributed by atoms with Crippen molar-refractivity contribution in [2.45, 2.75) is 59.7 Å². The SMILES string of the molecule is CC(=O)NCC(=Cc1ccc(N)c(C)c1C)B1OC(C)(C)C(C)(C)O1. The second-order valence-electron chi connectivity index (χ2n) is 7.71. The number of benzene rings is 1. The van der Waals surface area contributed by atoms with E-state index in [0.717, 1.165) is 27.9 Å². The molecule has 1 aliphatic rings. The van der Waals surface area contributed by atoms with Gasteiger partial charge >= 0.3 is 7.12 Å². The number of nitrogens with two attached hydrogens (primary N) is 1. The van der Waals surface area contributed by atoms with Gasteiger partial charge in [-0.25, -0.2) is 0 Å². The van der Waals surface area contributed by atoms with E-state index in [1.54, 1.807) is 0 Å². The lowest BCUT2D eigenvalue weighted by molar-refractivity contribution is -0.118. The summed E-state index contributed by atoms with van der Waals surface area (Å²) < 4.78 is 12.3. The first kappa shape index (κ1) is 19.5. The third-order valence-electron chi connectivity index (χ3n) is 5.31. The zero-order valence-corrected chi connectivity index (χ0v) is 16.3. The average Bonchev–Trinajstić information content (AvgIpc) is 2.71. The molecule has 0 aromatic heterocycles. The number of nitrogen functional groups attached to an aromatic ring is 1. The fourth-order valence-corrected chi connectivity index (χ4v) is 2.64. The minimum absolute atomic E-state index is 0.0902. The molecule has 5 nitrogen and oxygen atoms in total. The Kier molecular flexibility index (Phi) is 5.35. The molecule has 1 aromatic rings. The summed E-state index contributed by atoms with van der Waals surface area (Å²) in [4.78, 5) is 11.4. The van der Waals surface area contributed by atoms with Crippen molar-refractivity contribution in [3.8, 4) is 0 Å². The van der Waals surface area contributed by atoms with Crippen LogP contribution >= 0.6 is 0 Å². The molecule has 6 heteroatoms. The van der Waals surface area contributed by atoms with Crippen LogP contribution in [0, 0.1) is 13.8 Å². The molecular formula is C19H29BN2O3. The van der Waals surface area contributed by atoms with Crippen molar-refractivity contribution in [2.24, 2.45) is 0 Å². The van der Waals surface area contributed by atoms with Crippen LogP contribution in [-0.2, 0) is 14.1 Å². The zero-order valence-electron chi connectivity index (χ0n) is 16.3. The molecule has 1 heterocycles. The maximum absolute atomic E-state index is 11.4. The van der Waals surface area contributed by atoms with Crippen molar-refractivity contribution in [3.63, 3.8) is 0 Å². The maximum Gasteiger partial charge on any atom is 0.492 e. The van der Waals surface area contributed by atoms with E-state index < -0.39 is 18.3 Å². The maximum atomic E-state index is 11.4. The van der Waals surface area contributed by atoms with Gasteiger partial charge in [-0.15, -0.1) is 0 Å². The van der Waals surface area contributed by atoms with Crippen molar-refractivity contribution in [1.29, 1.82) is 0 Å². The van der Waals surface area contributed by atoms with Gasteiger partial charge in [-0.05, 0) is 69.8 Å². The van der Waals surface area contributed by atoms with Crippen LogP contribution in [0.3, 0.4) is 0 Å². The molecular weight excluding hydrogens is 315 g/mol. The van der Waals surface area contributed by atoms with Crippen LogP contribution in [-0.4, -0.2) is 30.8 Å². The second-order valence-corrected chi connectivity index (χ2v) is 7.71. The average molecular weight is 344 g/mol. The number of carbonyl (C=O) groups excluding carboxylic acids is 1. The molecule has 0 spiro atoms. The van der Waals surface area contributed by atoms with Crippen LogP contribution in [0.1, 0.15) is 51.3 Å². The molecule has 2 rings (SSSR count). The Bertz CT molecular complexity index is 695. The van der Waals surface area contributed by atoms with Crippen LogP contribution < -0.4 is 11.1 Å². The first-order valence-corrected chi connectivity index (χ1v) is 8.61. The Hall–Kier alpha value is -1.79. The molecule has 1 aromatic carbocycles.